The quantitative estimate of drug-likeness (QED) is 0.253. The van der Waals surface area contributed by atoms with E-state index < -0.39 is 40.6 Å². The second-order valence-corrected chi connectivity index (χ2v) is 17.7. The molecule has 0 saturated heterocycles. The van der Waals surface area contributed by atoms with E-state index in [0.717, 1.165) is 49.8 Å². The highest BCUT2D eigenvalue weighted by Gasteiger charge is 2.71. The third-order valence-electron chi connectivity index (χ3n) is 14.1. The van der Waals surface area contributed by atoms with E-state index in [0.29, 0.717) is 31.2 Å². The van der Waals surface area contributed by atoms with E-state index in [4.69, 9.17) is 0 Å². The van der Waals surface area contributed by atoms with Crippen molar-refractivity contribution in [2.75, 3.05) is 0 Å². The predicted molar refractivity (Wildman–Crippen MR) is 172 cm³/mol. The Kier molecular flexibility index (Phi) is 8.59. The zero-order valence-corrected chi connectivity index (χ0v) is 28.6. The zero-order valence-electron chi connectivity index (χ0n) is 28.6. The first kappa shape index (κ1) is 34.9. The van der Waals surface area contributed by atoms with Crippen molar-refractivity contribution in [1.29, 1.82) is 0 Å². The van der Waals surface area contributed by atoms with Crippen LogP contribution in [0, 0.1) is 45.3 Å². The van der Waals surface area contributed by atoms with E-state index in [2.05, 4.69) is 34.6 Å². The molecule has 0 spiro atoms. The normalized spacial score (nSPS) is 42.1. The number of benzene rings is 1. The van der Waals surface area contributed by atoms with Crippen molar-refractivity contribution in [1.82, 2.24) is 0 Å². The number of aliphatic hydroxyl groups excluding tert-OH is 2. The maximum atomic E-state index is 13.2. The molecule has 0 radical (unpaired) electrons. The average Bonchev–Trinajstić information content (AvgIpc) is 3.28. The second-order valence-electron chi connectivity index (χ2n) is 17.7. The predicted octanol–water partition coefficient (Wildman–Crippen LogP) is 8.41. The summed E-state index contributed by atoms with van der Waals surface area (Å²) < 4.78 is 39.6. The van der Waals surface area contributed by atoms with Crippen LogP contribution in [0.1, 0.15) is 124 Å². The van der Waals surface area contributed by atoms with Crippen molar-refractivity contribution in [3.05, 3.63) is 41.0 Å². The summed E-state index contributed by atoms with van der Waals surface area (Å²) >= 11 is 0. The molecule has 0 unspecified atom stereocenters. The Morgan fingerprint density at radius 2 is 1.44 bits per heavy atom. The summed E-state index contributed by atoms with van der Waals surface area (Å²) in [5.74, 6) is 0.349. The summed E-state index contributed by atoms with van der Waals surface area (Å²) in [7, 11) is 0. The Bertz CT molecular complexity index is 1280. The third-order valence-corrected chi connectivity index (χ3v) is 14.1. The number of rotatable bonds is 6. The van der Waals surface area contributed by atoms with Crippen LogP contribution in [0.25, 0.3) is 6.08 Å². The highest BCUT2D eigenvalue weighted by Crippen LogP contribution is 2.76. The number of fused-ring (bicyclic) bond motifs is 5. The maximum absolute atomic E-state index is 13.2. The fourth-order valence-electron chi connectivity index (χ4n) is 11.7. The number of alkyl halides is 3. The van der Waals surface area contributed by atoms with E-state index in [9.17, 15) is 33.6 Å². The highest BCUT2D eigenvalue weighted by molar-refractivity contribution is 5.56. The van der Waals surface area contributed by atoms with Crippen molar-refractivity contribution in [3.8, 4) is 0 Å². The summed E-state index contributed by atoms with van der Waals surface area (Å²) in [6.07, 6.45) is 3.18. The van der Waals surface area contributed by atoms with Crippen LogP contribution in [0.5, 0.6) is 0 Å². The summed E-state index contributed by atoms with van der Waals surface area (Å²) in [5.41, 5.74) is -1.84. The molecule has 7 heteroatoms. The monoisotopic (exact) mass is 634 g/mol. The molecule has 5 rings (SSSR count). The van der Waals surface area contributed by atoms with E-state index in [1.807, 2.05) is 13.0 Å². The lowest BCUT2D eigenvalue weighted by Gasteiger charge is -2.70. The molecule has 0 heterocycles. The molecule has 45 heavy (non-hydrogen) atoms. The fraction of sp³-hybridized carbons (Fsp3) is 0.789. The van der Waals surface area contributed by atoms with Gasteiger partial charge in [0.2, 0.25) is 0 Å². The molecular formula is C38H57F3O4. The Morgan fingerprint density at radius 3 is 2.02 bits per heavy atom. The minimum Gasteiger partial charge on any atom is -0.393 e. The highest BCUT2D eigenvalue weighted by atomic mass is 19.4. The van der Waals surface area contributed by atoms with Gasteiger partial charge in [-0.15, -0.1) is 0 Å². The summed E-state index contributed by atoms with van der Waals surface area (Å²) in [4.78, 5) is 0. The van der Waals surface area contributed by atoms with Crippen molar-refractivity contribution in [2.45, 2.75) is 143 Å². The van der Waals surface area contributed by atoms with Crippen LogP contribution in [0.3, 0.4) is 0 Å². The Hall–Kier alpha value is -1.41. The topological polar surface area (TPSA) is 80.9 Å². The number of halogens is 3. The van der Waals surface area contributed by atoms with Crippen LogP contribution in [-0.4, -0.2) is 43.8 Å². The van der Waals surface area contributed by atoms with E-state index in [1.165, 1.54) is 12.1 Å². The van der Waals surface area contributed by atoms with Crippen LogP contribution in [0.2, 0.25) is 0 Å². The molecule has 4 N–H and O–H groups in total. The Morgan fingerprint density at radius 1 is 0.844 bits per heavy atom. The van der Waals surface area contributed by atoms with Gasteiger partial charge in [0.15, 0.2) is 0 Å². The van der Waals surface area contributed by atoms with Crippen molar-refractivity contribution in [2.24, 2.45) is 45.3 Å². The van der Waals surface area contributed by atoms with Gasteiger partial charge in [0.25, 0.3) is 0 Å². The summed E-state index contributed by atoms with van der Waals surface area (Å²) in [6, 6.07) is 5.17. The minimum atomic E-state index is -4.40. The molecule has 4 aliphatic rings. The number of hydrogen-bond donors (Lipinski definition) is 4. The molecular weight excluding hydrogens is 577 g/mol. The zero-order chi connectivity index (χ0) is 33.6. The maximum Gasteiger partial charge on any atom is 0.416 e. The first-order valence-electron chi connectivity index (χ1n) is 17.2. The van der Waals surface area contributed by atoms with Gasteiger partial charge in [-0.05, 0) is 147 Å². The van der Waals surface area contributed by atoms with Crippen molar-refractivity contribution < 1.29 is 33.6 Å². The molecule has 4 aliphatic carbocycles. The molecule has 0 bridgehead atoms. The molecule has 1 aromatic rings. The van der Waals surface area contributed by atoms with Crippen molar-refractivity contribution in [3.63, 3.8) is 0 Å². The van der Waals surface area contributed by atoms with Crippen molar-refractivity contribution >= 4 is 6.08 Å². The van der Waals surface area contributed by atoms with Crippen LogP contribution < -0.4 is 0 Å². The largest absolute Gasteiger partial charge is 0.416 e. The molecule has 4 saturated carbocycles. The SMILES string of the molecule is CC(C)(O)CCC[C@@](C)(O)[C@H]1CC[C@]2(C)[C@@H]1[C@H](O)C[C@@H]1[C@@]3(C)C/C(=C\c4ccc(C(F)(F)F)cc4)[C@H](O)C(C)(C)[C@@H]3CC[C@]12C. The van der Waals surface area contributed by atoms with Crippen LogP contribution >= 0.6 is 0 Å². The minimum absolute atomic E-state index is 0.0256. The lowest BCUT2D eigenvalue weighted by molar-refractivity contribution is -0.238. The second kappa shape index (κ2) is 11.1. The Labute approximate surface area is 268 Å². The van der Waals surface area contributed by atoms with E-state index >= 15 is 0 Å². The van der Waals surface area contributed by atoms with Gasteiger partial charge >= 0.3 is 6.18 Å². The molecule has 4 nitrogen and oxygen atoms in total. The fourth-order valence-corrected chi connectivity index (χ4v) is 11.7. The van der Waals surface area contributed by atoms with Gasteiger partial charge in [-0.25, -0.2) is 0 Å². The van der Waals surface area contributed by atoms with Gasteiger partial charge in [-0.1, -0.05) is 52.8 Å². The van der Waals surface area contributed by atoms with Crippen LogP contribution in [0.15, 0.2) is 29.8 Å². The van der Waals surface area contributed by atoms with Gasteiger partial charge in [0.1, 0.15) is 0 Å². The van der Waals surface area contributed by atoms with E-state index in [1.54, 1.807) is 13.8 Å². The number of aliphatic hydroxyl groups is 4. The molecule has 1 aromatic carbocycles. The first-order chi connectivity index (χ1) is 20.5. The summed E-state index contributed by atoms with van der Waals surface area (Å²) in [6.45, 7) is 16.9. The van der Waals surface area contributed by atoms with Crippen LogP contribution in [-0.2, 0) is 6.18 Å². The number of hydrogen-bond acceptors (Lipinski definition) is 4. The third kappa shape index (κ3) is 5.74. The lowest BCUT2D eigenvalue weighted by atomic mass is 9.34. The van der Waals surface area contributed by atoms with Crippen LogP contribution in [0.4, 0.5) is 13.2 Å². The summed E-state index contributed by atoms with van der Waals surface area (Å²) in [5, 5.41) is 45.9. The molecule has 10 atom stereocenters. The molecule has 0 aliphatic heterocycles. The Balaban J connectivity index is 1.47. The molecule has 0 aromatic heterocycles. The standard InChI is InChI=1S/C38H57F3O4/c1-32(2,44)16-9-17-37(8,45)26-14-18-36(7)30(26)27(42)21-29-34(5)22-24(20-23-10-12-25(13-11-23)38(39,40)41)31(43)33(3,4)28(34)15-19-35(29,36)6/h10-13,20,26-31,42-45H,9,14-19,21-22H2,1-8H3/b24-20+/t26-,27+,28-,29+,30-,31-,34-,35+,36+,37+/m0/s1. The van der Waals surface area contributed by atoms with Gasteiger partial charge < -0.3 is 20.4 Å². The first-order valence-corrected chi connectivity index (χ1v) is 17.2. The smallest absolute Gasteiger partial charge is 0.393 e. The molecule has 4 fully saturated rings. The molecule has 0 amide bonds. The van der Waals surface area contributed by atoms with Gasteiger partial charge in [-0.3, -0.25) is 0 Å². The van der Waals surface area contributed by atoms with E-state index in [-0.39, 0.29) is 39.9 Å². The van der Waals surface area contributed by atoms with Gasteiger partial charge in [-0.2, -0.15) is 13.2 Å². The molecule has 254 valence electrons. The lowest BCUT2D eigenvalue weighted by Crippen LogP contribution is -2.66. The van der Waals surface area contributed by atoms with Gasteiger partial charge in [0.05, 0.1) is 29.0 Å². The average molecular weight is 635 g/mol. The van der Waals surface area contributed by atoms with Gasteiger partial charge in [0, 0.05) is 0 Å².